The summed E-state index contributed by atoms with van der Waals surface area (Å²) in [7, 11) is 1.57. The quantitative estimate of drug-likeness (QED) is 0.340. The lowest BCUT2D eigenvalue weighted by Gasteiger charge is -2.24. The summed E-state index contributed by atoms with van der Waals surface area (Å²) < 4.78 is 18.5. The molecule has 0 aliphatic carbocycles. The van der Waals surface area contributed by atoms with Crippen LogP contribution in [0.2, 0.25) is 0 Å². The van der Waals surface area contributed by atoms with Crippen LogP contribution in [0.3, 0.4) is 0 Å². The zero-order valence-electron chi connectivity index (χ0n) is 22.3. The van der Waals surface area contributed by atoms with Gasteiger partial charge in [-0.3, -0.25) is 9.36 Å². The molecular weight excluding hydrogens is 532 g/mol. The number of aromatic nitrogens is 1. The average molecular weight is 559 g/mol. The Kier molecular flexibility index (Phi) is 7.27. The van der Waals surface area contributed by atoms with Gasteiger partial charge in [0.25, 0.3) is 5.56 Å². The molecule has 1 aliphatic rings. The maximum atomic E-state index is 13.8. The molecule has 10 heteroatoms. The SMILES string of the molecule is CCOC(=O)C1=C(C)N=c2sc(=Cc3ccc(-c4ccc(C(=O)O)cc4C)o3)c(=O)n2[C@H]1c1ccc(OC)cc1. The number of carbonyl (C=O) groups excluding carboxylic acids is 1. The first-order chi connectivity index (χ1) is 19.2. The lowest BCUT2D eigenvalue weighted by Crippen LogP contribution is -2.39. The van der Waals surface area contributed by atoms with E-state index in [0.717, 1.165) is 11.1 Å². The second-order valence-corrected chi connectivity index (χ2v) is 10.1. The van der Waals surface area contributed by atoms with Crippen molar-refractivity contribution in [2.24, 2.45) is 4.99 Å². The van der Waals surface area contributed by atoms with Gasteiger partial charge in [0, 0.05) is 11.6 Å². The van der Waals surface area contributed by atoms with Crippen LogP contribution in [0, 0.1) is 6.92 Å². The minimum Gasteiger partial charge on any atom is -0.497 e. The van der Waals surface area contributed by atoms with E-state index in [4.69, 9.17) is 13.9 Å². The molecule has 0 radical (unpaired) electrons. The monoisotopic (exact) mass is 558 g/mol. The largest absolute Gasteiger partial charge is 0.497 e. The van der Waals surface area contributed by atoms with Gasteiger partial charge >= 0.3 is 11.9 Å². The van der Waals surface area contributed by atoms with Gasteiger partial charge in [0.05, 0.1) is 41.1 Å². The number of allylic oxidation sites excluding steroid dienone is 1. The van der Waals surface area contributed by atoms with E-state index in [1.54, 1.807) is 63.4 Å². The van der Waals surface area contributed by atoms with Gasteiger partial charge in [-0.2, -0.15) is 0 Å². The number of fused-ring (bicyclic) bond motifs is 1. The van der Waals surface area contributed by atoms with Crippen molar-refractivity contribution >= 4 is 29.4 Å². The van der Waals surface area contributed by atoms with Crippen molar-refractivity contribution in [1.29, 1.82) is 0 Å². The highest BCUT2D eigenvalue weighted by Crippen LogP contribution is 2.32. The summed E-state index contributed by atoms with van der Waals surface area (Å²) >= 11 is 1.20. The standard InChI is InChI=1S/C30H26N2O7S/c1-5-38-29(36)25-17(3)31-30-32(26(25)18-6-9-20(37-4)10-7-18)27(33)24(40-30)15-21-11-13-23(39-21)22-12-8-19(28(34)35)14-16(22)2/h6-15,26H,5H2,1-4H3,(H,34,35)/t26-/m0/s1. The lowest BCUT2D eigenvalue weighted by molar-refractivity contribution is -0.139. The van der Waals surface area contributed by atoms with Gasteiger partial charge < -0.3 is 19.0 Å². The number of aromatic carboxylic acids is 1. The van der Waals surface area contributed by atoms with Crippen LogP contribution in [0.5, 0.6) is 5.75 Å². The highest BCUT2D eigenvalue weighted by atomic mass is 32.1. The molecule has 2 aromatic carbocycles. The number of hydrogen-bond donors (Lipinski definition) is 1. The van der Waals surface area contributed by atoms with Crippen LogP contribution >= 0.6 is 11.3 Å². The second-order valence-electron chi connectivity index (χ2n) is 9.11. The molecule has 1 aliphatic heterocycles. The Balaban J connectivity index is 1.60. The summed E-state index contributed by atoms with van der Waals surface area (Å²) in [6.45, 7) is 5.46. The molecule has 0 amide bonds. The predicted molar refractivity (Wildman–Crippen MR) is 149 cm³/mol. The van der Waals surface area contributed by atoms with Crippen LogP contribution < -0.4 is 19.6 Å². The lowest BCUT2D eigenvalue weighted by atomic mass is 9.96. The highest BCUT2D eigenvalue weighted by molar-refractivity contribution is 7.07. The number of benzene rings is 2. The Hall–Kier alpha value is -4.70. The van der Waals surface area contributed by atoms with E-state index in [1.165, 1.54) is 22.0 Å². The smallest absolute Gasteiger partial charge is 0.338 e. The molecule has 40 heavy (non-hydrogen) atoms. The molecule has 1 atom stereocenters. The summed E-state index contributed by atoms with van der Waals surface area (Å²) in [6.07, 6.45) is 1.64. The van der Waals surface area contributed by atoms with Gasteiger partial charge in [-0.15, -0.1) is 0 Å². The fraction of sp³-hybridized carbons (Fsp3) is 0.200. The number of furan rings is 1. The maximum Gasteiger partial charge on any atom is 0.338 e. The number of rotatable bonds is 7. The van der Waals surface area contributed by atoms with Gasteiger partial charge in [0.1, 0.15) is 17.3 Å². The summed E-state index contributed by atoms with van der Waals surface area (Å²) in [5, 5.41) is 9.24. The molecule has 9 nitrogen and oxygen atoms in total. The third kappa shape index (κ3) is 4.89. The molecule has 0 saturated heterocycles. The third-order valence-electron chi connectivity index (χ3n) is 6.59. The molecule has 0 fully saturated rings. The summed E-state index contributed by atoms with van der Waals surface area (Å²) in [5.41, 5.74) is 2.87. The van der Waals surface area contributed by atoms with Crippen molar-refractivity contribution in [3.05, 3.63) is 108 Å². The molecule has 0 spiro atoms. The molecule has 3 heterocycles. The minimum atomic E-state index is -1.00. The normalized spacial score (nSPS) is 15.0. The Bertz CT molecular complexity index is 1840. The summed E-state index contributed by atoms with van der Waals surface area (Å²) in [4.78, 5) is 43.1. The predicted octanol–water partition coefficient (Wildman–Crippen LogP) is 4.07. The molecule has 2 aromatic heterocycles. The first kappa shape index (κ1) is 26.9. The number of esters is 1. The Morgan fingerprint density at radius 3 is 2.52 bits per heavy atom. The van der Waals surface area contributed by atoms with Crippen LogP contribution in [0.15, 0.2) is 80.1 Å². The van der Waals surface area contributed by atoms with E-state index in [2.05, 4.69) is 4.99 Å². The number of methoxy groups -OCH3 is 1. The number of hydrogen-bond acceptors (Lipinski definition) is 8. The minimum absolute atomic E-state index is 0.189. The number of nitrogens with zero attached hydrogens (tertiary/aromatic N) is 2. The Labute approximate surface area is 232 Å². The summed E-state index contributed by atoms with van der Waals surface area (Å²) in [5.74, 6) is 0.114. The molecule has 1 N–H and O–H groups in total. The zero-order chi connectivity index (χ0) is 28.6. The Morgan fingerprint density at radius 1 is 1.12 bits per heavy atom. The van der Waals surface area contributed by atoms with Gasteiger partial charge in [0.2, 0.25) is 0 Å². The van der Waals surface area contributed by atoms with Crippen LogP contribution in [0.25, 0.3) is 17.4 Å². The number of carbonyl (C=O) groups is 2. The van der Waals surface area contributed by atoms with E-state index in [1.807, 2.05) is 19.1 Å². The zero-order valence-corrected chi connectivity index (χ0v) is 23.1. The van der Waals surface area contributed by atoms with Gasteiger partial charge in [0.15, 0.2) is 4.80 Å². The Morgan fingerprint density at radius 2 is 1.88 bits per heavy atom. The number of ether oxygens (including phenoxy) is 2. The summed E-state index contributed by atoms with van der Waals surface area (Å²) in [6, 6.07) is 14.8. The average Bonchev–Trinajstić information content (AvgIpc) is 3.52. The van der Waals surface area contributed by atoms with Gasteiger partial charge in [-0.05, 0) is 68.3 Å². The van der Waals surface area contributed by atoms with Crippen LogP contribution in [-0.2, 0) is 9.53 Å². The number of thiazole rings is 1. The van der Waals surface area contributed by atoms with E-state index in [0.29, 0.717) is 43.4 Å². The van der Waals surface area contributed by atoms with Crippen LogP contribution in [0.1, 0.15) is 47.1 Å². The fourth-order valence-electron chi connectivity index (χ4n) is 4.67. The van der Waals surface area contributed by atoms with Crippen molar-refractivity contribution in [2.75, 3.05) is 13.7 Å². The maximum absolute atomic E-state index is 13.8. The fourth-order valence-corrected chi connectivity index (χ4v) is 5.70. The van der Waals surface area contributed by atoms with Gasteiger partial charge in [-0.25, -0.2) is 14.6 Å². The van der Waals surface area contributed by atoms with E-state index < -0.39 is 18.0 Å². The van der Waals surface area contributed by atoms with Crippen molar-refractivity contribution < 1.29 is 28.6 Å². The topological polar surface area (TPSA) is 120 Å². The first-order valence-corrected chi connectivity index (χ1v) is 13.3. The number of carboxylic acids is 1. The van der Waals surface area contributed by atoms with E-state index >= 15 is 0 Å². The van der Waals surface area contributed by atoms with Crippen molar-refractivity contribution in [1.82, 2.24) is 4.57 Å². The highest BCUT2D eigenvalue weighted by Gasteiger charge is 2.33. The molecule has 204 valence electrons. The molecule has 0 saturated carbocycles. The molecule has 0 bridgehead atoms. The molecule has 4 aromatic rings. The van der Waals surface area contributed by atoms with Gasteiger partial charge in [-0.1, -0.05) is 29.5 Å². The van der Waals surface area contributed by atoms with Crippen molar-refractivity contribution in [3.63, 3.8) is 0 Å². The van der Waals surface area contributed by atoms with Crippen LogP contribution in [-0.4, -0.2) is 35.3 Å². The number of carboxylic acid groups (broad SMARTS) is 1. The molecule has 0 unspecified atom stereocenters. The van der Waals surface area contributed by atoms with Crippen molar-refractivity contribution in [2.45, 2.75) is 26.8 Å². The number of aryl methyl sites for hydroxylation is 1. The molecule has 5 rings (SSSR count). The van der Waals surface area contributed by atoms with E-state index in [9.17, 15) is 19.5 Å². The molecular formula is C30H26N2O7S. The second kappa shape index (κ2) is 10.8. The third-order valence-corrected chi connectivity index (χ3v) is 7.57. The van der Waals surface area contributed by atoms with E-state index in [-0.39, 0.29) is 17.7 Å². The first-order valence-electron chi connectivity index (χ1n) is 12.5. The van der Waals surface area contributed by atoms with Crippen LogP contribution in [0.4, 0.5) is 0 Å². The van der Waals surface area contributed by atoms with Crippen molar-refractivity contribution in [3.8, 4) is 17.1 Å².